The Hall–Kier alpha value is -0.650. The summed E-state index contributed by atoms with van der Waals surface area (Å²) in [7, 11) is 0. The van der Waals surface area contributed by atoms with Crippen molar-refractivity contribution in [2.24, 2.45) is 11.8 Å². The maximum Gasteiger partial charge on any atom is 0.310 e. The average molecular weight is 272 g/mol. The van der Waals surface area contributed by atoms with Gasteiger partial charge in [-0.15, -0.1) is 0 Å². The van der Waals surface area contributed by atoms with Gasteiger partial charge in [-0.3, -0.25) is 4.79 Å². The molecule has 0 radical (unpaired) electrons. The van der Waals surface area contributed by atoms with Crippen LogP contribution in [-0.2, 0) is 9.53 Å². The van der Waals surface area contributed by atoms with Gasteiger partial charge in [-0.1, -0.05) is 0 Å². The molecule has 112 valence electrons. The van der Waals surface area contributed by atoms with E-state index in [-0.39, 0.29) is 11.9 Å². The summed E-state index contributed by atoms with van der Waals surface area (Å²) in [5.74, 6) is 0.590. The zero-order valence-electron chi connectivity index (χ0n) is 12.0. The molecule has 2 aliphatic rings. The zero-order chi connectivity index (χ0) is 13.9. The molecule has 2 fully saturated rings. The SMILES string of the molecule is CCOC(=O)[C@H]1CCCNC1.OC[C@H]1CCCNC1. The lowest BCUT2D eigenvalue weighted by Crippen LogP contribution is -2.35. The molecule has 0 saturated carbocycles. The number of esters is 1. The van der Waals surface area contributed by atoms with E-state index < -0.39 is 0 Å². The molecule has 2 heterocycles. The van der Waals surface area contributed by atoms with Gasteiger partial charge in [0.2, 0.25) is 0 Å². The summed E-state index contributed by atoms with van der Waals surface area (Å²) in [4.78, 5) is 11.1. The molecule has 0 aromatic carbocycles. The Labute approximate surface area is 116 Å². The van der Waals surface area contributed by atoms with Crippen LogP contribution in [0.2, 0.25) is 0 Å². The maximum absolute atomic E-state index is 11.1. The van der Waals surface area contributed by atoms with Crippen molar-refractivity contribution in [3.63, 3.8) is 0 Å². The molecule has 0 bridgehead atoms. The number of piperidine rings is 2. The molecule has 2 aliphatic heterocycles. The normalized spacial score (nSPS) is 27.1. The summed E-state index contributed by atoms with van der Waals surface area (Å²) in [6.07, 6.45) is 4.49. The van der Waals surface area contributed by atoms with E-state index in [4.69, 9.17) is 9.84 Å². The fourth-order valence-corrected chi connectivity index (χ4v) is 2.39. The van der Waals surface area contributed by atoms with Gasteiger partial charge in [0.15, 0.2) is 0 Å². The first-order chi connectivity index (χ1) is 9.27. The molecule has 0 aromatic heterocycles. The number of nitrogens with one attached hydrogen (secondary N) is 2. The van der Waals surface area contributed by atoms with Crippen LogP contribution in [0.15, 0.2) is 0 Å². The lowest BCUT2D eigenvalue weighted by molar-refractivity contribution is -0.148. The van der Waals surface area contributed by atoms with Crippen LogP contribution >= 0.6 is 0 Å². The van der Waals surface area contributed by atoms with Crippen molar-refractivity contribution in [2.75, 3.05) is 39.4 Å². The Kier molecular flexibility index (Phi) is 8.79. The van der Waals surface area contributed by atoms with E-state index in [9.17, 15) is 4.79 Å². The smallest absolute Gasteiger partial charge is 0.310 e. The lowest BCUT2D eigenvalue weighted by Gasteiger charge is -2.20. The number of ether oxygens (including phenoxy) is 1. The highest BCUT2D eigenvalue weighted by Gasteiger charge is 2.21. The molecule has 19 heavy (non-hydrogen) atoms. The molecule has 0 spiro atoms. The molecule has 0 aliphatic carbocycles. The molecule has 0 unspecified atom stereocenters. The van der Waals surface area contributed by atoms with E-state index in [0.29, 0.717) is 19.1 Å². The Morgan fingerprint density at radius 2 is 1.89 bits per heavy atom. The van der Waals surface area contributed by atoms with Crippen LogP contribution in [0.1, 0.15) is 32.6 Å². The van der Waals surface area contributed by atoms with E-state index in [1.807, 2.05) is 6.92 Å². The monoisotopic (exact) mass is 272 g/mol. The fourth-order valence-electron chi connectivity index (χ4n) is 2.39. The predicted octanol–water partition coefficient (Wildman–Crippen LogP) is 0.527. The summed E-state index contributed by atoms with van der Waals surface area (Å²) in [6, 6.07) is 0. The molecule has 2 saturated heterocycles. The number of aliphatic hydroxyl groups excluding tert-OH is 1. The molecule has 3 N–H and O–H groups in total. The fraction of sp³-hybridized carbons (Fsp3) is 0.929. The Balaban J connectivity index is 0.000000200. The Morgan fingerprint density at radius 3 is 2.32 bits per heavy atom. The van der Waals surface area contributed by atoms with Gasteiger partial charge in [-0.05, 0) is 51.6 Å². The van der Waals surface area contributed by atoms with E-state index in [0.717, 1.165) is 39.0 Å². The largest absolute Gasteiger partial charge is 0.466 e. The molecule has 0 amide bonds. The van der Waals surface area contributed by atoms with Crippen molar-refractivity contribution in [3.8, 4) is 0 Å². The van der Waals surface area contributed by atoms with Gasteiger partial charge in [-0.2, -0.15) is 0 Å². The third-order valence-corrected chi connectivity index (χ3v) is 3.57. The van der Waals surface area contributed by atoms with Gasteiger partial charge in [0.25, 0.3) is 0 Å². The van der Waals surface area contributed by atoms with Crippen molar-refractivity contribution in [1.29, 1.82) is 0 Å². The topological polar surface area (TPSA) is 70.6 Å². The number of carbonyl (C=O) groups excluding carboxylic acids is 1. The molecular formula is C14H28N2O3. The van der Waals surface area contributed by atoms with Gasteiger partial charge in [-0.25, -0.2) is 0 Å². The minimum absolute atomic E-state index is 0.0419. The number of rotatable bonds is 3. The summed E-state index contributed by atoms with van der Waals surface area (Å²) in [5.41, 5.74) is 0. The number of hydrogen-bond acceptors (Lipinski definition) is 5. The van der Waals surface area contributed by atoms with E-state index in [2.05, 4.69) is 10.6 Å². The Morgan fingerprint density at radius 1 is 1.21 bits per heavy atom. The van der Waals surface area contributed by atoms with Gasteiger partial charge in [0.05, 0.1) is 12.5 Å². The van der Waals surface area contributed by atoms with Crippen LogP contribution in [0.3, 0.4) is 0 Å². The average Bonchev–Trinajstić information content (AvgIpc) is 2.50. The van der Waals surface area contributed by atoms with Gasteiger partial charge in [0, 0.05) is 19.7 Å². The first-order valence-electron chi connectivity index (χ1n) is 7.46. The Bertz CT molecular complexity index is 237. The summed E-state index contributed by atoms with van der Waals surface area (Å²) >= 11 is 0. The van der Waals surface area contributed by atoms with Crippen LogP contribution in [0.5, 0.6) is 0 Å². The predicted molar refractivity (Wildman–Crippen MR) is 74.9 cm³/mol. The van der Waals surface area contributed by atoms with Gasteiger partial charge >= 0.3 is 5.97 Å². The molecular weight excluding hydrogens is 244 g/mol. The third-order valence-electron chi connectivity index (χ3n) is 3.57. The van der Waals surface area contributed by atoms with Crippen molar-refractivity contribution < 1.29 is 14.6 Å². The molecule has 5 nitrogen and oxygen atoms in total. The van der Waals surface area contributed by atoms with Gasteiger partial charge in [0.1, 0.15) is 0 Å². The van der Waals surface area contributed by atoms with Crippen molar-refractivity contribution in [1.82, 2.24) is 10.6 Å². The van der Waals surface area contributed by atoms with Crippen LogP contribution in [-0.4, -0.2) is 50.5 Å². The number of carbonyl (C=O) groups is 1. The van der Waals surface area contributed by atoms with E-state index in [1.54, 1.807) is 0 Å². The maximum atomic E-state index is 11.1. The second-order valence-electron chi connectivity index (χ2n) is 5.19. The zero-order valence-corrected chi connectivity index (χ0v) is 12.0. The van der Waals surface area contributed by atoms with Crippen LogP contribution < -0.4 is 10.6 Å². The minimum atomic E-state index is -0.0419. The molecule has 2 rings (SSSR count). The lowest BCUT2D eigenvalue weighted by atomic mass is 10.0. The molecule has 5 heteroatoms. The first-order valence-corrected chi connectivity index (χ1v) is 7.46. The second kappa shape index (κ2) is 10.2. The van der Waals surface area contributed by atoms with E-state index in [1.165, 1.54) is 12.8 Å². The quantitative estimate of drug-likeness (QED) is 0.654. The third kappa shape index (κ3) is 6.89. The van der Waals surface area contributed by atoms with Crippen LogP contribution in [0.25, 0.3) is 0 Å². The number of hydrogen-bond donors (Lipinski definition) is 3. The first kappa shape index (κ1) is 16.4. The standard InChI is InChI=1S/C8H15NO2.C6H13NO/c1-2-11-8(10)7-4-3-5-9-6-7;8-5-6-2-1-3-7-4-6/h7,9H,2-6H2,1H3;6-8H,1-5H2/t7-;6-/m00/s1. The number of aliphatic hydroxyl groups is 1. The second-order valence-corrected chi connectivity index (χ2v) is 5.19. The highest BCUT2D eigenvalue weighted by atomic mass is 16.5. The molecule has 2 atom stereocenters. The highest BCUT2D eigenvalue weighted by molar-refractivity contribution is 5.72. The van der Waals surface area contributed by atoms with Crippen molar-refractivity contribution >= 4 is 5.97 Å². The van der Waals surface area contributed by atoms with Gasteiger partial charge < -0.3 is 20.5 Å². The van der Waals surface area contributed by atoms with Crippen molar-refractivity contribution in [3.05, 3.63) is 0 Å². The summed E-state index contributed by atoms with van der Waals surface area (Å²) in [5, 5.41) is 15.1. The van der Waals surface area contributed by atoms with Crippen LogP contribution in [0.4, 0.5) is 0 Å². The minimum Gasteiger partial charge on any atom is -0.466 e. The highest BCUT2D eigenvalue weighted by Crippen LogP contribution is 2.11. The summed E-state index contributed by atoms with van der Waals surface area (Å²) < 4.78 is 4.90. The molecule has 0 aromatic rings. The van der Waals surface area contributed by atoms with Crippen molar-refractivity contribution in [2.45, 2.75) is 32.6 Å². The van der Waals surface area contributed by atoms with E-state index >= 15 is 0 Å². The van der Waals surface area contributed by atoms with Crippen LogP contribution in [0, 0.1) is 11.8 Å². The summed E-state index contributed by atoms with van der Waals surface area (Å²) in [6.45, 7) is 6.66.